The molecule has 0 amide bonds. The number of halogens is 1. The Hall–Kier alpha value is -3.73. The van der Waals surface area contributed by atoms with Crippen LogP contribution in [0, 0.1) is 5.82 Å². The van der Waals surface area contributed by atoms with Crippen LogP contribution >= 0.6 is 0 Å². The van der Waals surface area contributed by atoms with Crippen LogP contribution < -0.4 is 9.47 Å². The van der Waals surface area contributed by atoms with Crippen molar-refractivity contribution >= 4 is 16.8 Å². The van der Waals surface area contributed by atoms with E-state index in [1.165, 1.54) is 12.1 Å². The third kappa shape index (κ3) is 3.80. The smallest absolute Gasteiger partial charge is 0.246 e. The maximum Gasteiger partial charge on any atom is 0.246 e. The van der Waals surface area contributed by atoms with Crippen LogP contribution in [0.15, 0.2) is 72.8 Å². The first kappa shape index (κ1) is 18.6. The van der Waals surface area contributed by atoms with E-state index in [4.69, 9.17) is 9.47 Å². The lowest BCUT2D eigenvalue weighted by Crippen LogP contribution is -1.97. The van der Waals surface area contributed by atoms with Crippen molar-refractivity contribution in [1.29, 1.82) is 0 Å². The van der Waals surface area contributed by atoms with E-state index in [2.05, 4.69) is 10.2 Å². The highest BCUT2D eigenvalue weighted by molar-refractivity contribution is 5.97. The minimum Gasteiger partial charge on any atom is -0.493 e. The second-order valence-corrected chi connectivity index (χ2v) is 6.42. The Balaban J connectivity index is 1.78. The molecule has 0 spiro atoms. The number of hydrogen-bond donors (Lipinski definition) is 0. The molecule has 1 heterocycles. The van der Waals surface area contributed by atoms with E-state index in [1.54, 1.807) is 19.2 Å². The monoisotopic (exact) mass is 386 g/mol. The van der Waals surface area contributed by atoms with Gasteiger partial charge in [-0.3, -0.25) is 0 Å². The van der Waals surface area contributed by atoms with Crippen molar-refractivity contribution in [1.82, 2.24) is 10.2 Å². The lowest BCUT2D eigenvalue weighted by molar-refractivity contribution is 0.374. The third-order valence-electron chi connectivity index (χ3n) is 4.52. The summed E-state index contributed by atoms with van der Waals surface area (Å²) in [4.78, 5) is 0. The zero-order valence-electron chi connectivity index (χ0n) is 16.1. The van der Waals surface area contributed by atoms with Gasteiger partial charge in [0.25, 0.3) is 0 Å². The topological polar surface area (TPSA) is 44.2 Å². The molecule has 0 aliphatic rings. The van der Waals surface area contributed by atoms with E-state index >= 15 is 0 Å². The minimum absolute atomic E-state index is 0.292. The van der Waals surface area contributed by atoms with Gasteiger partial charge < -0.3 is 9.47 Å². The average molecular weight is 386 g/mol. The van der Waals surface area contributed by atoms with Crippen molar-refractivity contribution in [3.63, 3.8) is 0 Å². The van der Waals surface area contributed by atoms with E-state index in [1.807, 2.05) is 61.5 Å². The average Bonchev–Trinajstić information content (AvgIpc) is 2.76. The molecule has 1 aromatic heterocycles. The highest BCUT2D eigenvalue weighted by Gasteiger charge is 2.14. The molecule has 0 saturated carbocycles. The highest BCUT2D eigenvalue weighted by atomic mass is 19.1. The summed E-state index contributed by atoms with van der Waals surface area (Å²) < 4.78 is 24.9. The number of aromatic nitrogens is 2. The van der Waals surface area contributed by atoms with Crippen LogP contribution in [-0.4, -0.2) is 17.3 Å². The van der Waals surface area contributed by atoms with Gasteiger partial charge in [0.1, 0.15) is 11.5 Å². The number of methoxy groups -OCH3 is 1. The van der Waals surface area contributed by atoms with Crippen LogP contribution in [0.1, 0.15) is 12.5 Å². The maximum absolute atomic E-state index is 13.3. The van der Waals surface area contributed by atoms with Crippen molar-refractivity contribution < 1.29 is 13.9 Å². The Morgan fingerprint density at radius 3 is 2.34 bits per heavy atom. The molecule has 0 saturated heterocycles. The minimum atomic E-state index is -0.292. The summed E-state index contributed by atoms with van der Waals surface area (Å²) in [5, 5.41) is 10.3. The van der Waals surface area contributed by atoms with Gasteiger partial charge in [-0.25, -0.2) is 4.39 Å². The largest absolute Gasteiger partial charge is 0.493 e. The summed E-state index contributed by atoms with van der Waals surface area (Å²) in [5.41, 5.74) is 2.47. The van der Waals surface area contributed by atoms with Gasteiger partial charge in [-0.15, -0.1) is 10.2 Å². The van der Waals surface area contributed by atoms with Crippen molar-refractivity contribution in [3.8, 4) is 28.6 Å². The number of fused-ring (bicyclic) bond motifs is 1. The van der Waals surface area contributed by atoms with Crippen molar-refractivity contribution in [3.05, 3.63) is 84.2 Å². The molecule has 0 aliphatic heterocycles. The molecule has 4 nitrogen and oxygen atoms in total. The van der Waals surface area contributed by atoms with E-state index in [-0.39, 0.29) is 5.82 Å². The predicted molar refractivity (Wildman–Crippen MR) is 113 cm³/mol. The predicted octanol–water partition coefficient (Wildman–Crippen LogP) is 6.27. The number of hydrogen-bond acceptors (Lipinski definition) is 4. The standard InChI is InChI=1S/C24H19FN2O2/c1-3-6-16-9-14-21(22(15-16)28-2)29-24-20-8-5-4-7-19(20)23(26-27-24)17-10-12-18(25)13-11-17/h3-15H,1-2H3/b6-3-. The molecular weight excluding hydrogens is 367 g/mol. The Labute approximate surface area is 168 Å². The molecule has 4 aromatic rings. The summed E-state index contributed by atoms with van der Waals surface area (Å²) in [6.07, 6.45) is 3.95. The van der Waals surface area contributed by atoms with Gasteiger partial charge in [0.05, 0.1) is 7.11 Å². The van der Waals surface area contributed by atoms with Gasteiger partial charge in [0.15, 0.2) is 11.5 Å². The van der Waals surface area contributed by atoms with Crippen LogP contribution in [0.25, 0.3) is 28.1 Å². The second-order valence-electron chi connectivity index (χ2n) is 6.42. The molecule has 29 heavy (non-hydrogen) atoms. The molecule has 0 radical (unpaired) electrons. The Kier molecular flexibility index (Phi) is 5.20. The summed E-state index contributed by atoms with van der Waals surface area (Å²) >= 11 is 0. The third-order valence-corrected chi connectivity index (χ3v) is 4.52. The molecule has 0 fully saturated rings. The van der Waals surface area contributed by atoms with Crippen molar-refractivity contribution in [2.24, 2.45) is 0 Å². The number of benzene rings is 3. The summed E-state index contributed by atoms with van der Waals surface area (Å²) in [7, 11) is 1.60. The molecule has 5 heteroatoms. The second kappa shape index (κ2) is 8.10. The van der Waals surface area contributed by atoms with Gasteiger partial charge >= 0.3 is 0 Å². The molecule has 4 rings (SSSR count). The zero-order valence-corrected chi connectivity index (χ0v) is 16.1. The normalized spacial score (nSPS) is 11.1. The summed E-state index contributed by atoms with van der Waals surface area (Å²) in [6.45, 7) is 1.96. The molecule has 0 atom stereocenters. The number of rotatable bonds is 5. The summed E-state index contributed by atoms with van der Waals surface area (Å²) in [6, 6.07) is 19.6. The Morgan fingerprint density at radius 2 is 1.62 bits per heavy atom. The maximum atomic E-state index is 13.3. The van der Waals surface area contributed by atoms with Crippen LogP contribution in [-0.2, 0) is 0 Å². The molecule has 0 bridgehead atoms. The van der Waals surface area contributed by atoms with Crippen LogP contribution in [0.5, 0.6) is 17.4 Å². The number of nitrogens with zero attached hydrogens (tertiary/aromatic N) is 2. The van der Waals surface area contributed by atoms with E-state index in [0.29, 0.717) is 23.1 Å². The fourth-order valence-electron chi connectivity index (χ4n) is 3.14. The van der Waals surface area contributed by atoms with Gasteiger partial charge in [-0.05, 0) is 55.0 Å². The van der Waals surface area contributed by atoms with E-state index in [0.717, 1.165) is 21.9 Å². The molecule has 144 valence electrons. The van der Waals surface area contributed by atoms with Gasteiger partial charge in [0, 0.05) is 16.3 Å². The van der Waals surface area contributed by atoms with E-state index < -0.39 is 0 Å². The molecular formula is C24H19FN2O2. The molecule has 0 aliphatic carbocycles. The summed E-state index contributed by atoms with van der Waals surface area (Å²) in [5.74, 6) is 1.24. The van der Waals surface area contributed by atoms with Gasteiger partial charge in [-0.1, -0.05) is 36.4 Å². The Bertz CT molecular complexity index is 1190. The van der Waals surface area contributed by atoms with Crippen molar-refractivity contribution in [2.45, 2.75) is 6.92 Å². The van der Waals surface area contributed by atoms with Crippen LogP contribution in [0.4, 0.5) is 4.39 Å². The van der Waals surface area contributed by atoms with Gasteiger partial charge in [0.2, 0.25) is 5.88 Å². The lowest BCUT2D eigenvalue weighted by Gasteiger charge is -2.13. The number of allylic oxidation sites excluding steroid dienone is 1. The quantitative estimate of drug-likeness (QED) is 0.405. The molecule has 0 N–H and O–H groups in total. The Morgan fingerprint density at radius 1 is 0.862 bits per heavy atom. The zero-order chi connectivity index (χ0) is 20.2. The fraction of sp³-hybridized carbons (Fsp3) is 0.0833. The van der Waals surface area contributed by atoms with Gasteiger partial charge in [-0.2, -0.15) is 0 Å². The first-order valence-electron chi connectivity index (χ1n) is 9.19. The molecule has 0 unspecified atom stereocenters. The first-order valence-corrected chi connectivity index (χ1v) is 9.19. The van der Waals surface area contributed by atoms with Crippen LogP contribution in [0.2, 0.25) is 0 Å². The fourth-order valence-corrected chi connectivity index (χ4v) is 3.14. The number of ether oxygens (including phenoxy) is 2. The SMILES string of the molecule is C/C=C\c1ccc(Oc2nnc(-c3ccc(F)cc3)c3ccccc23)c(OC)c1. The van der Waals surface area contributed by atoms with Crippen molar-refractivity contribution in [2.75, 3.05) is 7.11 Å². The van der Waals surface area contributed by atoms with E-state index in [9.17, 15) is 4.39 Å². The molecule has 3 aromatic carbocycles. The van der Waals surface area contributed by atoms with Crippen LogP contribution in [0.3, 0.4) is 0 Å². The lowest BCUT2D eigenvalue weighted by atomic mass is 10.0. The highest BCUT2D eigenvalue weighted by Crippen LogP contribution is 2.36. The first-order chi connectivity index (χ1) is 14.2.